The van der Waals surface area contributed by atoms with Gasteiger partial charge in [-0.2, -0.15) is 0 Å². The molecule has 0 aliphatic carbocycles. The van der Waals surface area contributed by atoms with Crippen molar-refractivity contribution in [3.63, 3.8) is 0 Å². The number of carbonyl (C=O) groups is 1. The van der Waals surface area contributed by atoms with Crippen LogP contribution in [0.25, 0.3) is 0 Å². The maximum absolute atomic E-state index is 12.7. The summed E-state index contributed by atoms with van der Waals surface area (Å²) in [5.74, 6) is -0.351. The molecule has 0 spiro atoms. The second-order valence-corrected chi connectivity index (χ2v) is 4.44. The Labute approximate surface area is 120 Å². The largest absolute Gasteiger partial charge is 0.484 e. The summed E-state index contributed by atoms with van der Waals surface area (Å²) in [5.41, 5.74) is 6.51. The second kappa shape index (κ2) is 6.25. The number of ether oxygens (including phenoxy) is 1. The predicted molar refractivity (Wildman–Crippen MR) is 76.4 cm³/mol. The first-order valence-corrected chi connectivity index (χ1v) is 6.15. The van der Waals surface area contributed by atoms with Gasteiger partial charge >= 0.3 is 0 Å². The summed E-state index contributed by atoms with van der Waals surface area (Å²) >= 11 is 5.92. The lowest BCUT2D eigenvalue weighted by Gasteiger charge is -2.09. The zero-order valence-electron chi connectivity index (χ0n) is 10.4. The third-order valence-electron chi connectivity index (χ3n) is 2.45. The number of hydrogen-bond donors (Lipinski definition) is 2. The topological polar surface area (TPSA) is 64.3 Å². The highest BCUT2D eigenvalue weighted by atomic mass is 35.5. The van der Waals surface area contributed by atoms with Crippen LogP contribution in [0.1, 0.15) is 0 Å². The summed E-state index contributed by atoms with van der Waals surface area (Å²) < 4.78 is 17.9. The first-order chi connectivity index (χ1) is 9.54. The molecule has 6 heteroatoms. The standard InChI is InChI=1S/C14H12ClFN2O2/c15-12-6-3-10(17)7-13(12)18-14(19)8-20-11-4-1-9(16)2-5-11/h1-7H,8,17H2,(H,18,19). The van der Waals surface area contributed by atoms with E-state index in [2.05, 4.69) is 5.32 Å². The number of benzene rings is 2. The summed E-state index contributed by atoms with van der Waals surface area (Å²) in [5, 5.41) is 2.97. The van der Waals surface area contributed by atoms with Crippen molar-refractivity contribution in [3.05, 3.63) is 53.3 Å². The van der Waals surface area contributed by atoms with Gasteiger partial charge in [-0.25, -0.2) is 4.39 Å². The van der Waals surface area contributed by atoms with Gasteiger partial charge in [-0.15, -0.1) is 0 Å². The Hall–Kier alpha value is -2.27. The van der Waals surface area contributed by atoms with Crippen LogP contribution in [-0.2, 0) is 4.79 Å². The fourth-order valence-electron chi connectivity index (χ4n) is 1.50. The van der Waals surface area contributed by atoms with E-state index in [-0.39, 0.29) is 18.3 Å². The Bertz CT molecular complexity index is 617. The van der Waals surface area contributed by atoms with Crippen molar-refractivity contribution in [2.24, 2.45) is 0 Å². The van der Waals surface area contributed by atoms with Crippen LogP contribution in [0.2, 0.25) is 5.02 Å². The van der Waals surface area contributed by atoms with Crippen LogP contribution < -0.4 is 15.8 Å². The third kappa shape index (κ3) is 3.86. The molecule has 3 N–H and O–H groups in total. The van der Waals surface area contributed by atoms with Crippen molar-refractivity contribution in [2.75, 3.05) is 17.7 Å². The molecule has 0 saturated heterocycles. The Morgan fingerprint density at radius 1 is 1.25 bits per heavy atom. The number of nitrogens with one attached hydrogen (secondary N) is 1. The monoisotopic (exact) mass is 294 g/mol. The third-order valence-corrected chi connectivity index (χ3v) is 2.78. The highest BCUT2D eigenvalue weighted by molar-refractivity contribution is 6.33. The fraction of sp³-hybridized carbons (Fsp3) is 0.0714. The van der Waals surface area contributed by atoms with Crippen LogP contribution in [-0.4, -0.2) is 12.5 Å². The molecule has 0 aromatic heterocycles. The average molecular weight is 295 g/mol. The van der Waals surface area contributed by atoms with Gasteiger partial charge in [-0.05, 0) is 42.5 Å². The molecule has 0 heterocycles. The molecule has 2 aromatic rings. The fourth-order valence-corrected chi connectivity index (χ4v) is 1.67. The van der Waals surface area contributed by atoms with Crippen molar-refractivity contribution in [1.82, 2.24) is 0 Å². The van der Waals surface area contributed by atoms with Gasteiger partial charge in [-0.1, -0.05) is 11.6 Å². The minimum atomic E-state index is -0.387. The number of anilines is 2. The summed E-state index contributed by atoms with van der Waals surface area (Å²) in [7, 11) is 0. The highest BCUT2D eigenvalue weighted by Crippen LogP contribution is 2.24. The molecule has 0 atom stereocenters. The van der Waals surface area contributed by atoms with E-state index in [1.54, 1.807) is 18.2 Å². The first kappa shape index (κ1) is 14.1. The lowest BCUT2D eigenvalue weighted by Crippen LogP contribution is -2.20. The van der Waals surface area contributed by atoms with E-state index in [1.807, 2.05) is 0 Å². The molecule has 2 rings (SSSR count). The first-order valence-electron chi connectivity index (χ1n) is 5.78. The van der Waals surface area contributed by atoms with Gasteiger partial charge in [0, 0.05) is 5.69 Å². The Morgan fingerprint density at radius 2 is 1.95 bits per heavy atom. The van der Waals surface area contributed by atoms with Gasteiger partial charge in [-0.3, -0.25) is 4.79 Å². The van der Waals surface area contributed by atoms with Gasteiger partial charge in [0.1, 0.15) is 11.6 Å². The SMILES string of the molecule is Nc1ccc(Cl)c(NC(=O)COc2ccc(F)cc2)c1. The molecule has 4 nitrogen and oxygen atoms in total. The summed E-state index contributed by atoms with van der Waals surface area (Å²) in [4.78, 5) is 11.7. The second-order valence-electron chi connectivity index (χ2n) is 4.03. The lowest BCUT2D eigenvalue weighted by atomic mass is 10.3. The minimum absolute atomic E-state index is 0.212. The lowest BCUT2D eigenvalue weighted by molar-refractivity contribution is -0.118. The number of carbonyl (C=O) groups excluding carboxylic acids is 1. The minimum Gasteiger partial charge on any atom is -0.484 e. The van der Waals surface area contributed by atoms with E-state index in [1.165, 1.54) is 24.3 Å². The van der Waals surface area contributed by atoms with Gasteiger partial charge in [0.05, 0.1) is 10.7 Å². The van der Waals surface area contributed by atoms with Crippen molar-refractivity contribution >= 4 is 28.9 Å². The van der Waals surface area contributed by atoms with E-state index in [4.69, 9.17) is 22.1 Å². The molecule has 1 amide bonds. The normalized spacial score (nSPS) is 10.1. The van der Waals surface area contributed by atoms with Gasteiger partial charge < -0.3 is 15.8 Å². The zero-order chi connectivity index (χ0) is 14.5. The van der Waals surface area contributed by atoms with Crippen LogP contribution in [0.4, 0.5) is 15.8 Å². The highest BCUT2D eigenvalue weighted by Gasteiger charge is 2.07. The van der Waals surface area contributed by atoms with Crippen LogP contribution in [0.5, 0.6) is 5.75 Å². The molecular formula is C14H12ClFN2O2. The summed E-state index contributed by atoms with van der Waals surface area (Å²) in [6.45, 7) is -0.212. The molecule has 0 fully saturated rings. The maximum atomic E-state index is 12.7. The Kier molecular flexibility index (Phi) is 4.42. The average Bonchev–Trinajstić information content (AvgIpc) is 2.42. The zero-order valence-corrected chi connectivity index (χ0v) is 11.2. The molecule has 0 bridgehead atoms. The quantitative estimate of drug-likeness (QED) is 0.852. The van der Waals surface area contributed by atoms with E-state index < -0.39 is 0 Å². The van der Waals surface area contributed by atoms with E-state index in [9.17, 15) is 9.18 Å². The summed E-state index contributed by atoms with van der Waals surface area (Å²) in [6.07, 6.45) is 0. The van der Waals surface area contributed by atoms with E-state index >= 15 is 0 Å². The number of hydrogen-bond acceptors (Lipinski definition) is 3. The number of nitrogen functional groups attached to an aromatic ring is 1. The van der Waals surface area contributed by atoms with Crippen LogP contribution in [0.15, 0.2) is 42.5 Å². The molecule has 0 radical (unpaired) electrons. The molecule has 104 valence electrons. The summed E-state index contributed by atoms with van der Waals surface area (Å²) in [6, 6.07) is 10.2. The van der Waals surface area contributed by atoms with Crippen molar-refractivity contribution in [1.29, 1.82) is 0 Å². The van der Waals surface area contributed by atoms with E-state index in [0.29, 0.717) is 22.1 Å². The maximum Gasteiger partial charge on any atom is 0.262 e. The van der Waals surface area contributed by atoms with Crippen LogP contribution >= 0.6 is 11.6 Å². The Morgan fingerprint density at radius 3 is 2.65 bits per heavy atom. The van der Waals surface area contributed by atoms with Gasteiger partial charge in [0.2, 0.25) is 0 Å². The smallest absolute Gasteiger partial charge is 0.262 e. The van der Waals surface area contributed by atoms with Crippen molar-refractivity contribution < 1.29 is 13.9 Å². The van der Waals surface area contributed by atoms with Crippen LogP contribution in [0.3, 0.4) is 0 Å². The van der Waals surface area contributed by atoms with Crippen molar-refractivity contribution in [3.8, 4) is 5.75 Å². The van der Waals surface area contributed by atoms with Crippen LogP contribution in [0, 0.1) is 5.82 Å². The molecule has 2 aromatic carbocycles. The molecule has 0 aliphatic heterocycles. The molecule has 0 saturated carbocycles. The molecular weight excluding hydrogens is 283 g/mol. The number of amides is 1. The number of halogens is 2. The van der Waals surface area contributed by atoms with Gasteiger partial charge in [0.25, 0.3) is 5.91 Å². The predicted octanol–water partition coefficient (Wildman–Crippen LogP) is 3.08. The molecule has 20 heavy (non-hydrogen) atoms. The van der Waals surface area contributed by atoms with E-state index in [0.717, 1.165) is 0 Å². The van der Waals surface area contributed by atoms with Gasteiger partial charge in [0.15, 0.2) is 6.61 Å². The number of nitrogens with two attached hydrogens (primary N) is 1. The molecule has 0 aliphatic rings. The van der Waals surface area contributed by atoms with Crippen molar-refractivity contribution in [2.45, 2.75) is 0 Å². The number of rotatable bonds is 4. The molecule has 0 unspecified atom stereocenters. The Balaban J connectivity index is 1.92.